The molecule has 0 spiro atoms. The molecule has 2 N–H and O–H groups in total. The summed E-state index contributed by atoms with van der Waals surface area (Å²) in [7, 11) is 0. The summed E-state index contributed by atoms with van der Waals surface area (Å²) < 4.78 is 0. The van der Waals surface area contributed by atoms with E-state index >= 15 is 0 Å². The minimum Gasteiger partial charge on any atom is -0.398 e. The Morgan fingerprint density at radius 1 is 0.553 bits per heavy atom. The molecule has 0 aromatic heterocycles. The molecule has 4 aromatic rings. The number of rotatable bonds is 5. The summed E-state index contributed by atoms with van der Waals surface area (Å²) in [4.78, 5) is 0. The third-order valence-corrected chi connectivity index (χ3v) is 8.44. The maximum atomic E-state index is 6.16. The van der Waals surface area contributed by atoms with E-state index in [1.54, 1.807) is 0 Å². The topological polar surface area (TPSA) is 75.5 Å². The van der Waals surface area contributed by atoms with E-state index in [9.17, 15) is 0 Å². The first-order valence-electron chi connectivity index (χ1n) is 13.8. The second kappa shape index (κ2) is 10.3. The van der Waals surface area contributed by atoms with Gasteiger partial charge < -0.3 is 5.73 Å². The van der Waals surface area contributed by atoms with Gasteiger partial charge in [0.2, 0.25) is 0 Å². The van der Waals surface area contributed by atoms with Gasteiger partial charge in [-0.25, -0.2) is 0 Å². The molecule has 0 amide bonds. The van der Waals surface area contributed by atoms with Crippen LogP contribution in [0.3, 0.4) is 0 Å². The number of nitrogens with zero attached hydrogens (tertiary/aromatic N) is 4. The van der Waals surface area contributed by atoms with Crippen molar-refractivity contribution in [3.05, 3.63) is 72.8 Å². The zero-order valence-corrected chi connectivity index (χ0v) is 23.3. The second-order valence-corrected chi connectivity index (χ2v) is 12.3. The molecular formula is C33H39N5. The number of hydrogen-bond donors (Lipinski definition) is 1. The molecular weight excluding hydrogens is 466 g/mol. The van der Waals surface area contributed by atoms with E-state index in [2.05, 4.69) is 57.0 Å². The number of nitrogen functional groups attached to an aromatic ring is 1. The van der Waals surface area contributed by atoms with Crippen molar-refractivity contribution in [3.63, 3.8) is 0 Å². The monoisotopic (exact) mass is 505 g/mol. The molecule has 1 aliphatic carbocycles. The Balaban J connectivity index is 1.40. The lowest BCUT2D eigenvalue weighted by Crippen LogP contribution is -2.35. The predicted octanol–water partition coefficient (Wildman–Crippen LogP) is 10.7. The van der Waals surface area contributed by atoms with Crippen molar-refractivity contribution in [2.75, 3.05) is 5.73 Å². The van der Waals surface area contributed by atoms with E-state index in [4.69, 9.17) is 16.0 Å². The number of hydrogen-bond acceptors (Lipinski definition) is 5. The highest BCUT2D eigenvalue weighted by atomic mass is 15.2. The van der Waals surface area contributed by atoms with Crippen LogP contribution in [0.2, 0.25) is 0 Å². The van der Waals surface area contributed by atoms with Crippen LogP contribution in [-0.4, -0.2) is 5.54 Å². The van der Waals surface area contributed by atoms with Crippen molar-refractivity contribution < 1.29 is 0 Å². The highest BCUT2D eigenvalue weighted by Crippen LogP contribution is 2.44. The highest BCUT2D eigenvalue weighted by molar-refractivity contribution is 6.01. The van der Waals surface area contributed by atoms with Gasteiger partial charge in [0, 0.05) is 27.2 Å². The Kier molecular flexibility index (Phi) is 7.04. The maximum Gasteiger partial charge on any atom is 0.0936 e. The molecule has 1 aliphatic rings. The summed E-state index contributed by atoms with van der Waals surface area (Å²) in [5.41, 5.74) is 9.56. The molecule has 4 aromatic carbocycles. The Hall–Kier alpha value is -3.60. The lowest BCUT2D eigenvalue weighted by molar-refractivity contribution is 0.120. The molecule has 0 saturated heterocycles. The van der Waals surface area contributed by atoms with Gasteiger partial charge in [-0.1, -0.05) is 69.3 Å². The number of fused-ring (bicyclic) bond motifs is 2. The smallest absolute Gasteiger partial charge is 0.0936 e. The molecule has 0 radical (unpaired) electrons. The van der Waals surface area contributed by atoms with Gasteiger partial charge in [0.25, 0.3) is 0 Å². The predicted molar refractivity (Wildman–Crippen MR) is 160 cm³/mol. The van der Waals surface area contributed by atoms with Gasteiger partial charge in [-0.2, -0.15) is 10.2 Å². The van der Waals surface area contributed by atoms with Crippen molar-refractivity contribution >= 4 is 44.3 Å². The van der Waals surface area contributed by atoms with E-state index in [1.807, 2.05) is 60.7 Å². The maximum absolute atomic E-state index is 6.16. The molecule has 5 heteroatoms. The lowest BCUT2D eigenvalue weighted by atomic mass is 9.66. The average molecular weight is 506 g/mol. The van der Waals surface area contributed by atoms with Crippen molar-refractivity contribution in [2.24, 2.45) is 37.7 Å². The van der Waals surface area contributed by atoms with Gasteiger partial charge in [-0.05, 0) is 81.0 Å². The highest BCUT2D eigenvalue weighted by Gasteiger charge is 2.36. The van der Waals surface area contributed by atoms with Crippen LogP contribution >= 0.6 is 0 Å². The molecule has 5 nitrogen and oxygen atoms in total. The molecule has 0 bridgehead atoms. The Bertz CT molecular complexity index is 1500. The Morgan fingerprint density at radius 3 is 1.50 bits per heavy atom. The molecule has 1 saturated carbocycles. The van der Waals surface area contributed by atoms with Crippen LogP contribution in [0.25, 0.3) is 21.5 Å². The molecule has 0 unspecified atom stereocenters. The summed E-state index contributed by atoms with van der Waals surface area (Å²) >= 11 is 0. The lowest BCUT2D eigenvalue weighted by Gasteiger charge is -2.40. The molecule has 0 heterocycles. The van der Waals surface area contributed by atoms with Gasteiger partial charge in [-0.15, -0.1) is 10.2 Å². The van der Waals surface area contributed by atoms with E-state index in [-0.39, 0.29) is 5.54 Å². The van der Waals surface area contributed by atoms with Gasteiger partial charge in [0.1, 0.15) is 0 Å². The quantitative estimate of drug-likeness (QED) is 0.212. The fourth-order valence-electron chi connectivity index (χ4n) is 5.87. The number of anilines is 1. The van der Waals surface area contributed by atoms with Crippen LogP contribution < -0.4 is 5.73 Å². The summed E-state index contributed by atoms with van der Waals surface area (Å²) in [6, 6.07) is 24.0. The van der Waals surface area contributed by atoms with E-state index < -0.39 is 0 Å². The largest absolute Gasteiger partial charge is 0.398 e. The number of benzene rings is 4. The average Bonchev–Trinajstić information content (AvgIpc) is 2.91. The first-order chi connectivity index (χ1) is 18.1. The van der Waals surface area contributed by atoms with Crippen LogP contribution in [0.5, 0.6) is 0 Å². The van der Waals surface area contributed by atoms with E-state index in [1.165, 1.54) is 25.7 Å². The fraction of sp³-hybridized carbons (Fsp3) is 0.394. The molecule has 196 valence electrons. The first kappa shape index (κ1) is 26.0. The number of nitrogens with two attached hydrogens (primary N) is 1. The van der Waals surface area contributed by atoms with E-state index in [0.717, 1.165) is 50.2 Å². The van der Waals surface area contributed by atoms with Crippen molar-refractivity contribution in [2.45, 2.75) is 65.8 Å². The van der Waals surface area contributed by atoms with Crippen molar-refractivity contribution in [1.82, 2.24) is 0 Å². The third-order valence-electron chi connectivity index (χ3n) is 8.44. The molecule has 38 heavy (non-hydrogen) atoms. The Labute approximate surface area is 226 Å². The standard InChI is InChI=1S/C33H39N5/c1-32(2,3)22-14-16-23(17-15-22)33(4,5)38-37-31-21-20-30(26-12-8-9-13-27(26)31)36-35-29-19-18-28(34)24-10-6-7-11-25(24)29/h6-13,18-23H,14-17,34H2,1-5H3. The zero-order chi connectivity index (χ0) is 26.9. The summed E-state index contributed by atoms with van der Waals surface area (Å²) in [5, 5.41) is 23.0. The molecule has 1 fully saturated rings. The summed E-state index contributed by atoms with van der Waals surface area (Å²) in [6.07, 6.45) is 4.99. The zero-order valence-electron chi connectivity index (χ0n) is 23.3. The normalized spacial score (nSPS) is 19.2. The summed E-state index contributed by atoms with van der Waals surface area (Å²) in [5.74, 6) is 1.35. The van der Waals surface area contributed by atoms with Crippen LogP contribution in [0.4, 0.5) is 22.7 Å². The van der Waals surface area contributed by atoms with Crippen molar-refractivity contribution in [1.29, 1.82) is 0 Å². The SMILES string of the molecule is CC(C)(C)C1CCC(C(C)(C)N=Nc2ccc(N=Nc3ccc(N)c4ccccc34)c3ccccc23)CC1. The first-order valence-corrected chi connectivity index (χ1v) is 13.8. The van der Waals surface area contributed by atoms with Crippen LogP contribution in [0.1, 0.15) is 60.3 Å². The molecule has 0 aliphatic heterocycles. The van der Waals surface area contributed by atoms with E-state index in [0.29, 0.717) is 11.3 Å². The van der Waals surface area contributed by atoms with Gasteiger partial charge in [0.15, 0.2) is 0 Å². The molecule has 0 atom stereocenters. The minimum atomic E-state index is -0.196. The van der Waals surface area contributed by atoms with Gasteiger partial charge in [0.05, 0.1) is 22.6 Å². The third kappa shape index (κ3) is 5.33. The molecule has 5 rings (SSSR count). The van der Waals surface area contributed by atoms with Crippen molar-refractivity contribution in [3.8, 4) is 0 Å². The summed E-state index contributed by atoms with van der Waals surface area (Å²) in [6.45, 7) is 11.6. The van der Waals surface area contributed by atoms with Crippen LogP contribution in [-0.2, 0) is 0 Å². The Morgan fingerprint density at radius 2 is 0.974 bits per heavy atom. The van der Waals surface area contributed by atoms with Gasteiger partial charge >= 0.3 is 0 Å². The number of azo groups is 2. The fourth-order valence-corrected chi connectivity index (χ4v) is 5.87. The van der Waals surface area contributed by atoms with Crippen LogP contribution in [0, 0.1) is 17.3 Å². The minimum absolute atomic E-state index is 0.196. The van der Waals surface area contributed by atoms with Crippen LogP contribution in [0.15, 0.2) is 93.3 Å². The second-order valence-electron chi connectivity index (χ2n) is 12.3. The van der Waals surface area contributed by atoms with Gasteiger partial charge in [-0.3, -0.25) is 0 Å².